The van der Waals surface area contributed by atoms with Crippen molar-refractivity contribution in [3.05, 3.63) is 81.9 Å². The fourth-order valence-electron chi connectivity index (χ4n) is 2.25. The highest BCUT2D eigenvalue weighted by atomic mass is 35.5. The van der Waals surface area contributed by atoms with E-state index in [-0.39, 0.29) is 11.6 Å². The van der Waals surface area contributed by atoms with Gasteiger partial charge in [-0.15, -0.1) is 0 Å². The number of pyridine rings is 1. The molecule has 2 aromatic heterocycles. The average Bonchev–Trinajstić information content (AvgIpc) is 3.11. The number of rotatable bonds is 5. The molecule has 7 heteroatoms. The Labute approximate surface area is 148 Å². The number of halogens is 2. The Morgan fingerprint density at radius 2 is 2.04 bits per heavy atom. The van der Waals surface area contributed by atoms with Crippen LogP contribution in [-0.4, -0.2) is 20.9 Å². The van der Waals surface area contributed by atoms with Crippen LogP contribution in [-0.2, 0) is 13.1 Å². The molecule has 5 nitrogen and oxygen atoms in total. The fourth-order valence-corrected chi connectivity index (χ4v) is 2.72. The van der Waals surface area contributed by atoms with Crippen LogP contribution in [0.5, 0.6) is 0 Å². The van der Waals surface area contributed by atoms with Crippen molar-refractivity contribution in [3.63, 3.8) is 0 Å². The fraction of sp³-hybridized carbons (Fsp3) is 0.118. The molecule has 1 amide bonds. The van der Waals surface area contributed by atoms with Gasteiger partial charge in [0, 0.05) is 41.6 Å². The van der Waals surface area contributed by atoms with Crippen LogP contribution >= 0.6 is 23.2 Å². The maximum Gasteiger partial charge on any atom is 0.276 e. The smallest absolute Gasteiger partial charge is 0.276 e. The van der Waals surface area contributed by atoms with Crippen molar-refractivity contribution in [1.29, 1.82) is 0 Å². The minimum Gasteiger partial charge on any atom is -0.364 e. The Bertz CT molecular complexity index is 823. The van der Waals surface area contributed by atoms with E-state index in [0.29, 0.717) is 23.1 Å². The Morgan fingerprint density at radius 3 is 2.71 bits per heavy atom. The van der Waals surface area contributed by atoms with Crippen LogP contribution in [0.4, 0.5) is 0 Å². The molecule has 0 atom stereocenters. The summed E-state index contributed by atoms with van der Waals surface area (Å²) >= 11 is 12.2. The molecule has 0 aliphatic heterocycles. The number of carbonyl (C=O) groups is 1. The molecule has 0 radical (unpaired) electrons. The average molecular weight is 362 g/mol. The molecule has 0 saturated heterocycles. The second-order valence-electron chi connectivity index (χ2n) is 5.14. The Kier molecular flexibility index (Phi) is 5.13. The van der Waals surface area contributed by atoms with Gasteiger partial charge in [0.25, 0.3) is 5.91 Å². The zero-order valence-corrected chi connectivity index (χ0v) is 14.0. The maximum absolute atomic E-state index is 12.7. The van der Waals surface area contributed by atoms with Gasteiger partial charge in [0.05, 0.1) is 0 Å². The first-order valence-corrected chi connectivity index (χ1v) is 7.91. The molecule has 3 aromatic rings. The lowest BCUT2D eigenvalue weighted by Crippen LogP contribution is -2.30. The van der Waals surface area contributed by atoms with Crippen LogP contribution in [0.25, 0.3) is 0 Å². The molecule has 24 heavy (non-hydrogen) atoms. The largest absolute Gasteiger partial charge is 0.364 e. The molecule has 1 aromatic carbocycles. The lowest BCUT2D eigenvalue weighted by molar-refractivity contribution is 0.0719. The van der Waals surface area contributed by atoms with Gasteiger partial charge in [-0.3, -0.25) is 9.78 Å². The molecule has 0 spiro atoms. The zero-order valence-electron chi connectivity index (χ0n) is 12.5. The summed E-state index contributed by atoms with van der Waals surface area (Å²) in [7, 11) is 0. The van der Waals surface area contributed by atoms with Crippen molar-refractivity contribution < 1.29 is 9.32 Å². The molecule has 2 heterocycles. The lowest BCUT2D eigenvalue weighted by atomic mass is 10.1. The minimum atomic E-state index is -0.251. The Morgan fingerprint density at radius 1 is 1.17 bits per heavy atom. The van der Waals surface area contributed by atoms with Crippen molar-refractivity contribution >= 4 is 29.1 Å². The topological polar surface area (TPSA) is 59.2 Å². The highest BCUT2D eigenvalue weighted by Crippen LogP contribution is 2.23. The van der Waals surface area contributed by atoms with Crippen LogP contribution in [0.3, 0.4) is 0 Å². The highest BCUT2D eigenvalue weighted by molar-refractivity contribution is 6.35. The minimum absolute atomic E-state index is 0.240. The molecule has 0 fully saturated rings. The molecule has 0 bridgehead atoms. The van der Waals surface area contributed by atoms with E-state index in [0.717, 1.165) is 11.1 Å². The third-order valence-corrected chi connectivity index (χ3v) is 4.00. The van der Waals surface area contributed by atoms with Gasteiger partial charge < -0.3 is 9.42 Å². The van der Waals surface area contributed by atoms with Crippen LogP contribution in [0, 0.1) is 0 Å². The van der Waals surface area contributed by atoms with E-state index in [9.17, 15) is 4.79 Å². The standard InChI is InChI=1S/C17H13Cl2N3O2/c18-14-4-3-13(15(19)8-14)11-22(10-12-2-1-6-20-9-12)17(23)16-5-7-24-21-16/h1-9H,10-11H2. The van der Waals surface area contributed by atoms with E-state index in [2.05, 4.69) is 10.1 Å². The number of carbonyl (C=O) groups excluding carboxylic acids is 1. The number of hydrogen-bond acceptors (Lipinski definition) is 4. The van der Waals surface area contributed by atoms with Crippen molar-refractivity contribution in [3.8, 4) is 0 Å². The quantitative estimate of drug-likeness (QED) is 0.682. The summed E-state index contributed by atoms with van der Waals surface area (Å²) in [5.41, 5.74) is 1.94. The van der Waals surface area contributed by atoms with Crippen molar-refractivity contribution in [2.75, 3.05) is 0 Å². The van der Waals surface area contributed by atoms with E-state index in [4.69, 9.17) is 27.7 Å². The summed E-state index contributed by atoms with van der Waals surface area (Å²) in [5.74, 6) is -0.251. The van der Waals surface area contributed by atoms with Crippen molar-refractivity contribution in [1.82, 2.24) is 15.0 Å². The summed E-state index contributed by atoms with van der Waals surface area (Å²) in [6.45, 7) is 0.690. The first-order valence-electron chi connectivity index (χ1n) is 7.16. The van der Waals surface area contributed by atoms with Crippen molar-refractivity contribution in [2.24, 2.45) is 0 Å². The number of amides is 1. The van der Waals surface area contributed by atoms with Gasteiger partial charge in [0.1, 0.15) is 6.26 Å². The maximum atomic E-state index is 12.7. The first-order chi connectivity index (χ1) is 11.6. The van der Waals surface area contributed by atoms with Crippen molar-refractivity contribution in [2.45, 2.75) is 13.1 Å². The van der Waals surface area contributed by atoms with Gasteiger partial charge in [-0.2, -0.15) is 0 Å². The molecular formula is C17H13Cl2N3O2. The van der Waals surface area contributed by atoms with Crippen LogP contribution < -0.4 is 0 Å². The van der Waals surface area contributed by atoms with Gasteiger partial charge in [0.2, 0.25) is 0 Å². The number of aromatic nitrogens is 2. The van der Waals surface area contributed by atoms with Crippen LogP contribution in [0.15, 0.2) is 59.6 Å². The number of hydrogen-bond donors (Lipinski definition) is 0. The SMILES string of the molecule is O=C(c1ccon1)N(Cc1cccnc1)Cc1ccc(Cl)cc1Cl. The lowest BCUT2D eigenvalue weighted by Gasteiger charge is -2.22. The predicted molar refractivity (Wildman–Crippen MR) is 90.8 cm³/mol. The summed E-state index contributed by atoms with van der Waals surface area (Å²) in [6.07, 6.45) is 4.76. The van der Waals surface area contributed by atoms with Crippen LogP contribution in [0.1, 0.15) is 21.6 Å². The molecule has 0 N–H and O–H groups in total. The van der Waals surface area contributed by atoms with Gasteiger partial charge >= 0.3 is 0 Å². The monoisotopic (exact) mass is 361 g/mol. The second-order valence-corrected chi connectivity index (χ2v) is 5.99. The zero-order chi connectivity index (χ0) is 16.9. The summed E-state index contributed by atoms with van der Waals surface area (Å²) < 4.78 is 4.77. The van der Waals surface area contributed by atoms with Crippen LogP contribution in [0.2, 0.25) is 10.0 Å². The van der Waals surface area contributed by atoms with E-state index in [1.165, 1.54) is 12.3 Å². The van der Waals surface area contributed by atoms with E-state index >= 15 is 0 Å². The normalized spacial score (nSPS) is 10.6. The first kappa shape index (κ1) is 16.5. The third kappa shape index (κ3) is 3.93. The Hall–Kier alpha value is -2.37. The summed E-state index contributed by atoms with van der Waals surface area (Å²) in [6, 6.07) is 10.5. The van der Waals surface area contributed by atoms with Gasteiger partial charge in [-0.1, -0.05) is 40.5 Å². The summed E-state index contributed by atoms with van der Waals surface area (Å²) in [5, 5.41) is 4.77. The van der Waals surface area contributed by atoms with E-state index in [1.807, 2.05) is 12.1 Å². The second kappa shape index (κ2) is 7.47. The number of benzene rings is 1. The molecule has 3 rings (SSSR count). The molecule has 0 unspecified atom stereocenters. The molecule has 0 saturated carbocycles. The molecule has 0 aliphatic carbocycles. The van der Waals surface area contributed by atoms with Gasteiger partial charge in [0.15, 0.2) is 5.69 Å². The third-order valence-electron chi connectivity index (χ3n) is 3.42. The van der Waals surface area contributed by atoms with Gasteiger partial charge in [-0.25, -0.2) is 0 Å². The van der Waals surface area contributed by atoms with E-state index < -0.39 is 0 Å². The van der Waals surface area contributed by atoms with Gasteiger partial charge in [-0.05, 0) is 29.3 Å². The number of nitrogens with zero attached hydrogens (tertiary/aromatic N) is 3. The molecule has 0 aliphatic rings. The molecular weight excluding hydrogens is 349 g/mol. The summed E-state index contributed by atoms with van der Waals surface area (Å²) in [4.78, 5) is 18.4. The highest BCUT2D eigenvalue weighted by Gasteiger charge is 2.20. The van der Waals surface area contributed by atoms with E-state index in [1.54, 1.807) is 35.5 Å². The Balaban J connectivity index is 1.87. The predicted octanol–water partition coefficient (Wildman–Crippen LogP) is 4.22. The molecule has 122 valence electrons.